The SMILES string of the molecule is CCCC(=O)N(CCC)c1ccccc1C(C)C. The lowest BCUT2D eigenvalue weighted by Gasteiger charge is -2.26. The summed E-state index contributed by atoms with van der Waals surface area (Å²) in [5.74, 6) is 0.683. The first-order chi connectivity index (χ1) is 8.61. The third-order valence-electron chi connectivity index (χ3n) is 3.06. The fourth-order valence-corrected chi connectivity index (χ4v) is 2.17. The van der Waals surface area contributed by atoms with Crippen molar-refractivity contribution >= 4 is 11.6 Å². The van der Waals surface area contributed by atoms with Crippen LogP contribution in [0.15, 0.2) is 24.3 Å². The molecule has 0 aliphatic heterocycles. The predicted molar refractivity (Wildman–Crippen MR) is 78.1 cm³/mol. The molecule has 1 amide bonds. The Bertz CT molecular complexity index is 384. The van der Waals surface area contributed by atoms with Crippen LogP contribution in [0.25, 0.3) is 0 Å². The Balaban J connectivity index is 3.08. The van der Waals surface area contributed by atoms with Crippen molar-refractivity contribution in [2.75, 3.05) is 11.4 Å². The van der Waals surface area contributed by atoms with E-state index in [0.29, 0.717) is 12.3 Å². The van der Waals surface area contributed by atoms with Crippen LogP contribution in [0.4, 0.5) is 5.69 Å². The number of hydrogen-bond donors (Lipinski definition) is 0. The maximum atomic E-state index is 12.2. The van der Waals surface area contributed by atoms with Gasteiger partial charge in [0, 0.05) is 18.7 Å². The number of hydrogen-bond acceptors (Lipinski definition) is 1. The molecule has 0 radical (unpaired) electrons. The van der Waals surface area contributed by atoms with Gasteiger partial charge in [-0.05, 0) is 30.4 Å². The normalized spacial score (nSPS) is 10.7. The lowest BCUT2D eigenvalue weighted by molar-refractivity contribution is -0.118. The summed E-state index contributed by atoms with van der Waals surface area (Å²) in [7, 11) is 0. The van der Waals surface area contributed by atoms with Gasteiger partial charge in [-0.3, -0.25) is 4.79 Å². The quantitative estimate of drug-likeness (QED) is 0.731. The number of amides is 1. The van der Waals surface area contributed by atoms with Gasteiger partial charge < -0.3 is 4.90 Å². The minimum Gasteiger partial charge on any atom is -0.312 e. The molecule has 0 atom stereocenters. The Labute approximate surface area is 111 Å². The van der Waals surface area contributed by atoms with Crippen LogP contribution in [0.1, 0.15) is 58.4 Å². The lowest BCUT2D eigenvalue weighted by Crippen LogP contribution is -2.32. The van der Waals surface area contributed by atoms with Crippen LogP contribution in [0.5, 0.6) is 0 Å². The molecule has 0 saturated carbocycles. The van der Waals surface area contributed by atoms with Crippen LogP contribution < -0.4 is 4.90 Å². The molecule has 0 heterocycles. The summed E-state index contributed by atoms with van der Waals surface area (Å²) in [6.45, 7) is 9.32. The molecule has 1 aromatic rings. The maximum absolute atomic E-state index is 12.2. The number of carbonyl (C=O) groups excluding carboxylic acids is 1. The number of benzene rings is 1. The van der Waals surface area contributed by atoms with Crippen molar-refractivity contribution in [2.45, 2.75) is 52.9 Å². The molecule has 2 nitrogen and oxygen atoms in total. The zero-order valence-electron chi connectivity index (χ0n) is 12.1. The van der Waals surface area contributed by atoms with E-state index in [1.54, 1.807) is 0 Å². The molecule has 0 unspecified atom stereocenters. The average molecular weight is 247 g/mol. The van der Waals surface area contributed by atoms with Crippen molar-refractivity contribution in [3.8, 4) is 0 Å². The second-order valence-corrected chi connectivity index (χ2v) is 5.01. The molecule has 2 heteroatoms. The first kappa shape index (κ1) is 14.7. The standard InChI is InChI=1S/C16H25NO/c1-5-9-16(18)17(12-6-2)15-11-8-7-10-14(15)13(3)4/h7-8,10-11,13H,5-6,9,12H2,1-4H3. The Kier molecular flexibility index (Phi) is 5.90. The number of para-hydroxylation sites is 1. The molecule has 18 heavy (non-hydrogen) atoms. The molecule has 0 spiro atoms. The molecule has 0 aliphatic rings. The van der Waals surface area contributed by atoms with Crippen LogP contribution in [0.3, 0.4) is 0 Å². The molecule has 100 valence electrons. The fraction of sp³-hybridized carbons (Fsp3) is 0.562. The summed E-state index contributed by atoms with van der Waals surface area (Å²) in [6, 6.07) is 8.26. The summed E-state index contributed by atoms with van der Waals surface area (Å²) >= 11 is 0. The second-order valence-electron chi connectivity index (χ2n) is 5.01. The van der Waals surface area contributed by atoms with Crippen molar-refractivity contribution < 1.29 is 4.79 Å². The molecule has 1 rings (SSSR count). The smallest absolute Gasteiger partial charge is 0.226 e. The van der Waals surface area contributed by atoms with Gasteiger partial charge in [-0.2, -0.15) is 0 Å². The van der Waals surface area contributed by atoms with Crippen LogP contribution in [-0.2, 0) is 4.79 Å². The molecule has 0 saturated heterocycles. The Morgan fingerprint density at radius 1 is 1.17 bits per heavy atom. The van der Waals surface area contributed by atoms with Crippen molar-refractivity contribution in [3.63, 3.8) is 0 Å². The van der Waals surface area contributed by atoms with Gasteiger partial charge in [-0.15, -0.1) is 0 Å². The highest BCUT2D eigenvalue weighted by atomic mass is 16.2. The van der Waals surface area contributed by atoms with E-state index in [2.05, 4.69) is 39.8 Å². The maximum Gasteiger partial charge on any atom is 0.226 e. The molecule has 0 fully saturated rings. The van der Waals surface area contributed by atoms with Crippen molar-refractivity contribution in [1.29, 1.82) is 0 Å². The molecule has 0 N–H and O–H groups in total. The van der Waals surface area contributed by atoms with Crippen molar-refractivity contribution in [1.82, 2.24) is 0 Å². The molecule has 0 bridgehead atoms. The first-order valence-corrected chi connectivity index (χ1v) is 7.01. The molecular formula is C16H25NO. The topological polar surface area (TPSA) is 20.3 Å². The van der Waals surface area contributed by atoms with Gasteiger partial charge in [0.15, 0.2) is 0 Å². The highest BCUT2D eigenvalue weighted by Crippen LogP contribution is 2.28. The Morgan fingerprint density at radius 2 is 1.83 bits per heavy atom. The summed E-state index contributed by atoms with van der Waals surface area (Å²) in [5, 5.41) is 0. The second kappa shape index (κ2) is 7.20. The summed E-state index contributed by atoms with van der Waals surface area (Å²) < 4.78 is 0. The van der Waals surface area contributed by atoms with E-state index in [4.69, 9.17) is 0 Å². The monoisotopic (exact) mass is 247 g/mol. The van der Waals surface area contributed by atoms with E-state index in [0.717, 1.165) is 25.1 Å². The van der Waals surface area contributed by atoms with Crippen molar-refractivity contribution in [2.24, 2.45) is 0 Å². The fourth-order valence-electron chi connectivity index (χ4n) is 2.17. The third-order valence-corrected chi connectivity index (χ3v) is 3.06. The molecule has 0 aliphatic carbocycles. The summed E-state index contributed by atoms with van der Waals surface area (Å²) in [5.41, 5.74) is 2.35. The minimum atomic E-state index is 0.243. The van der Waals surface area contributed by atoms with E-state index in [-0.39, 0.29) is 5.91 Å². The zero-order chi connectivity index (χ0) is 13.5. The number of carbonyl (C=O) groups is 1. The first-order valence-electron chi connectivity index (χ1n) is 7.01. The van der Waals surface area contributed by atoms with E-state index in [1.807, 2.05) is 17.0 Å². The number of nitrogens with zero attached hydrogens (tertiary/aromatic N) is 1. The lowest BCUT2D eigenvalue weighted by atomic mass is 10.00. The van der Waals surface area contributed by atoms with E-state index in [1.165, 1.54) is 5.56 Å². The zero-order valence-corrected chi connectivity index (χ0v) is 12.1. The average Bonchev–Trinajstić information content (AvgIpc) is 2.36. The summed E-state index contributed by atoms with van der Waals surface area (Å²) in [6.07, 6.45) is 2.53. The Hall–Kier alpha value is -1.31. The third kappa shape index (κ3) is 3.59. The van der Waals surface area contributed by atoms with Gasteiger partial charge in [0.1, 0.15) is 0 Å². The van der Waals surface area contributed by atoms with Gasteiger partial charge >= 0.3 is 0 Å². The van der Waals surface area contributed by atoms with Gasteiger partial charge in [-0.25, -0.2) is 0 Å². The van der Waals surface area contributed by atoms with Gasteiger partial charge in [0.05, 0.1) is 0 Å². The molecule has 1 aromatic carbocycles. The van der Waals surface area contributed by atoms with Crippen LogP contribution >= 0.6 is 0 Å². The Morgan fingerprint density at radius 3 is 2.39 bits per heavy atom. The van der Waals surface area contributed by atoms with Crippen LogP contribution in [0.2, 0.25) is 0 Å². The van der Waals surface area contributed by atoms with Crippen LogP contribution in [-0.4, -0.2) is 12.5 Å². The highest BCUT2D eigenvalue weighted by molar-refractivity contribution is 5.94. The van der Waals surface area contributed by atoms with Crippen molar-refractivity contribution in [3.05, 3.63) is 29.8 Å². The summed E-state index contributed by atoms with van der Waals surface area (Å²) in [4.78, 5) is 14.2. The number of rotatable bonds is 6. The van der Waals surface area contributed by atoms with Gasteiger partial charge in [-0.1, -0.05) is 45.9 Å². The molecule has 0 aromatic heterocycles. The van der Waals surface area contributed by atoms with E-state index < -0.39 is 0 Å². The molecular weight excluding hydrogens is 222 g/mol. The van der Waals surface area contributed by atoms with Gasteiger partial charge in [0.25, 0.3) is 0 Å². The largest absolute Gasteiger partial charge is 0.312 e. The highest BCUT2D eigenvalue weighted by Gasteiger charge is 2.17. The van der Waals surface area contributed by atoms with E-state index in [9.17, 15) is 4.79 Å². The van der Waals surface area contributed by atoms with Gasteiger partial charge in [0.2, 0.25) is 5.91 Å². The number of anilines is 1. The predicted octanol–water partition coefficient (Wildman–Crippen LogP) is 4.35. The van der Waals surface area contributed by atoms with E-state index >= 15 is 0 Å². The van der Waals surface area contributed by atoms with Crippen LogP contribution in [0, 0.1) is 0 Å². The minimum absolute atomic E-state index is 0.243.